The monoisotopic (exact) mass is 507 g/mol. The van der Waals surface area contributed by atoms with E-state index in [-0.39, 0.29) is 22.1 Å². The molecule has 0 fully saturated rings. The van der Waals surface area contributed by atoms with Gasteiger partial charge in [-0.2, -0.15) is 19.9 Å². The number of aromatic amines is 1. The second-order valence-electron chi connectivity index (χ2n) is 8.11. The summed E-state index contributed by atoms with van der Waals surface area (Å²) in [5.41, 5.74) is 3.83. The third kappa shape index (κ3) is 4.20. The second-order valence-corrected chi connectivity index (χ2v) is 8.96. The molecule has 176 valence electrons. The van der Waals surface area contributed by atoms with Gasteiger partial charge < -0.3 is 5.32 Å². The Bertz CT molecular complexity index is 1680. The zero-order chi connectivity index (χ0) is 24.9. The largest absolute Gasteiger partial charge is 0.306 e. The van der Waals surface area contributed by atoms with E-state index in [4.69, 9.17) is 23.2 Å². The number of anilines is 1. The highest BCUT2D eigenvalue weighted by Gasteiger charge is 2.18. The van der Waals surface area contributed by atoms with Gasteiger partial charge in [-0.25, -0.2) is 4.68 Å². The smallest absolute Gasteiger partial charge is 0.263 e. The van der Waals surface area contributed by atoms with Crippen LogP contribution in [0.5, 0.6) is 0 Å². The van der Waals surface area contributed by atoms with E-state index >= 15 is 0 Å². The summed E-state index contributed by atoms with van der Waals surface area (Å²) < 4.78 is 2.96. The predicted molar refractivity (Wildman–Crippen MR) is 135 cm³/mol. The molecule has 1 amide bonds. The highest BCUT2D eigenvalue weighted by atomic mass is 35.5. The number of carbonyl (C=O) groups excluding carboxylic acids is 1. The molecule has 5 aromatic rings. The van der Waals surface area contributed by atoms with Gasteiger partial charge in [-0.3, -0.25) is 14.6 Å². The van der Waals surface area contributed by atoms with E-state index < -0.39 is 5.91 Å². The first-order chi connectivity index (χ1) is 16.7. The Kier molecular flexibility index (Phi) is 5.66. The van der Waals surface area contributed by atoms with Crippen LogP contribution in [0.2, 0.25) is 10.0 Å². The molecule has 0 aliphatic heterocycles. The van der Waals surface area contributed by atoms with Crippen molar-refractivity contribution >= 4 is 46.0 Å². The van der Waals surface area contributed by atoms with Gasteiger partial charge in [-0.1, -0.05) is 29.3 Å². The number of fused-ring (bicyclic) bond motifs is 1. The molecule has 0 bridgehead atoms. The van der Waals surface area contributed by atoms with Crippen LogP contribution in [0.3, 0.4) is 0 Å². The first kappa shape index (κ1) is 22.8. The lowest BCUT2D eigenvalue weighted by Crippen LogP contribution is -2.19. The number of amides is 1. The molecule has 0 unspecified atom stereocenters. The fraction of sp³-hybridized carbons (Fsp3) is 0.125. The lowest BCUT2D eigenvalue weighted by atomic mass is 10.1. The average Bonchev–Trinajstić information content (AvgIpc) is 3.39. The van der Waals surface area contributed by atoms with Gasteiger partial charge in [0.25, 0.3) is 11.5 Å². The minimum absolute atomic E-state index is 0.124. The second kappa shape index (κ2) is 8.68. The van der Waals surface area contributed by atoms with E-state index in [1.54, 1.807) is 23.7 Å². The summed E-state index contributed by atoms with van der Waals surface area (Å²) in [6, 6.07) is 12.1. The van der Waals surface area contributed by atoms with E-state index in [9.17, 15) is 9.59 Å². The van der Waals surface area contributed by atoms with Crippen LogP contribution >= 0.6 is 23.2 Å². The fourth-order valence-electron chi connectivity index (χ4n) is 3.66. The van der Waals surface area contributed by atoms with Gasteiger partial charge in [0.15, 0.2) is 5.65 Å². The van der Waals surface area contributed by atoms with Gasteiger partial charge in [0, 0.05) is 11.1 Å². The molecule has 3 aromatic heterocycles. The zero-order valence-corrected chi connectivity index (χ0v) is 20.4. The number of hydrogen-bond donors (Lipinski definition) is 2. The summed E-state index contributed by atoms with van der Waals surface area (Å²) in [6.45, 7) is 5.79. The fourth-order valence-corrected chi connectivity index (χ4v) is 4.16. The summed E-state index contributed by atoms with van der Waals surface area (Å²) in [7, 11) is 0. The van der Waals surface area contributed by atoms with Crippen molar-refractivity contribution in [3.8, 4) is 11.6 Å². The number of halogens is 2. The van der Waals surface area contributed by atoms with Crippen LogP contribution in [0.4, 0.5) is 5.82 Å². The molecule has 0 radical (unpaired) electrons. The zero-order valence-electron chi connectivity index (χ0n) is 18.9. The van der Waals surface area contributed by atoms with Crippen molar-refractivity contribution < 1.29 is 4.79 Å². The molecule has 35 heavy (non-hydrogen) atoms. The Morgan fingerprint density at radius 1 is 1.00 bits per heavy atom. The van der Waals surface area contributed by atoms with Crippen LogP contribution < -0.4 is 10.9 Å². The van der Waals surface area contributed by atoms with Crippen molar-refractivity contribution in [2.45, 2.75) is 20.8 Å². The minimum atomic E-state index is -0.462. The molecule has 3 heterocycles. The van der Waals surface area contributed by atoms with Gasteiger partial charge in [0.1, 0.15) is 11.2 Å². The van der Waals surface area contributed by atoms with E-state index in [2.05, 4.69) is 25.5 Å². The number of carbonyl (C=O) groups is 1. The van der Waals surface area contributed by atoms with Crippen molar-refractivity contribution in [2.24, 2.45) is 0 Å². The molecule has 0 saturated carbocycles. The standard InChI is InChI=1S/C24H19Cl2N7O2/c1-12-4-6-16(8-13(12)2)32-21-18(11-27-32)23(35)30-24(29-21)33-20(9-14(3)31-33)28-22(34)17-7-5-15(25)10-19(17)26/h4-11H,1-3H3,(H,28,34)(H,29,30,35). The lowest BCUT2D eigenvalue weighted by Gasteiger charge is -2.10. The molecule has 11 heteroatoms. The summed E-state index contributed by atoms with van der Waals surface area (Å²) in [4.78, 5) is 33.1. The molecule has 0 aliphatic carbocycles. The first-order valence-corrected chi connectivity index (χ1v) is 11.4. The van der Waals surface area contributed by atoms with Crippen LogP contribution in [0.15, 0.2) is 53.5 Å². The maximum absolute atomic E-state index is 12.9. The van der Waals surface area contributed by atoms with Gasteiger partial charge in [0.05, 0.1) is 28.2 Å². The SMILES string of the molecule is Cc1cc(NC(=O)c2ccc(Cl)cc2Cl)n(-c2nc3c(cnn3-c3ccc(C)c(C)c3)c(=O)[nH]2)n1. The van der Waals surface area contributed by atoms with Gasteiger partial charge in [0.2, 0.25) is 5.95 Å². The topological polar surface area (TPSA) is 110 Å². The molecule has 5 rings (SSSR count). The highest BCUT2D eigenvalue weighted by Crippen LogP contribution is 2.23. The van der Waals surface area contributed by atoms with Crippen molar-refractivity contribution in [3.63, 3.8) is 0 Å². The number of benzene rings is 2. The number of aromatic nitrogens is 6. The summed E-state index contributed by atoms with van der Waals surface area (Å²) in [5, 5.41) is 12.5. The van der Waals surface area contributed by atoms with Crippen molar-refractivity contribution in [1.82, 2.24) is 29.5 Å². The van der Waals surface area contributed by atoms with E-state index in [0.29, 0.717) is 27.6 Å². The third-order valence-corrected chi connectivity index (χ3v) is 6.16. The summed E-state index contributed by atoms with van der Waals surface area (Å²) >= 11 is 12.1. The number of aryl methyl sites for hydroxylation is 3. The Morgan fingerprint density at radius 3 is 2.54 bits per heavy atom. The number of nitrogens with zero attached hydrogens (tertiary/aromatic N) is 5. The Morgan fingerprint density at radius 2 is 1.80 bits per heavy atom. The molecule has 0 spiro atoms. The number of hydrogen-bond acceptors (Lipinski definition) is 5. The molecule has 0 saturated heterocycles. The Hall–Kier alpha value is -3.95. The van der Waals surface area contributed by atoms with Crippen molar-refractivity contribution in [3.05, 3.63) is 91.4 Å². The predicted octanol–water partition coefficient (Wildman–Crippen LogP) is 4.78. The van der Waals surface area contributed by atoms with E-state index in [1.807, 2.05) is 32.0 Å². The molecule has 2 aromatic carbocycles. The Labute approximate surface area is 209 Å². The molecule has 2 N–H and O–H groups in total. The lowest BCUT2D eigenvalue weighted by molar-refractivity contribution is 0.102. The van der Waals surface area contributed by atoms with E-state index in [1.165, 1.54) is 23.0 Å². The van der Waals surface area contributed by atoms with Crippen LogP contribution in [0.1, 0.15) is 27.2 Å². The number of rotatable bonds is 4. The molecule has 0 atom stereocenters. The first-order valence-electron chi connectivity index (χ1n) is 10.6. The minimum Gasteiger partial charge on any atom is -0.306 e. The number of H-pyrrole nitrogens is 1. The maximum atomic E-state index is 12.9. The maximum Gasteiger partial charge on any atom is 0.263 e. The molecule has 0 aliphatic rings. The normalized spacial score (nSPS) is 11.2. The van der Waals surface area contributed by atoms with Crippen molar-refractivity contribution in [2.75, 3.05) is 5.32 Å². The third-order valence-electron chi connectivity index (χ3n) is 5.61. The Balaban J connectivity index is 1.59. The van der Waals surface area contributed by atoms with Gasteiger partial charge in [-0.05, 0) is 62.2 Å². The summed E-state index contributed by atoms with van der Waals surface area (Å²) in [6.07, 6.45) is 1.47. The van der Waals surface area contributed by atoms with Crippen LogP contribution in [0.25, 0.3) is 22.7 Å². The quantitative estimate of drug-likeness (QED) is 0.363. The van der Waals surface area contributed by atoms with Gasteiger partial charge in [-0.15, -0.1) is 0 Å². The van der Waals surface area contributed by atoms with Crippen LogP contribution in [-0.2, 0) is 0 Å². The van der Waals surface area contributed by atoms with Gasteiger partial charge >= 0.3 is 0 Å². The number of nitrogens with one attached hydrogen (secondary N) is 2. The summed E-state index contributed by atoms with van der Waals surface area (Å²) in [5.74, 6) is -0.0339. The van der Waals surface area contributed by atoms with Crippen LogP contribution in [-0.4, -0.2) is 35.4 Å². The molecule has 9 nitrogen and oxygen atoms in total. The van der Waals surface area contributed by atoms with Crippen LogP contribution in [0, 0.1) is 20.8 Å². The van der Waals surface area contributed by atoms with Crippen molar-refractivity contribution in [1.29, 1.82) is 0 Å². The average molecular weight is 508 g/mol. The van der Waals surface area contributed by atoms with E-state index in [0.717, 1.165) is 16.8 Å². The molecular formula is C24H19Cl2N7O2. The highest BCUT2D eigenvalue weighted by molar-refractivity contribution is 6.37. The molecular weight excluding hydrogens is 489 g/mol.